The second kappa shape index (κ2) is 6.04. The SMILES string of the molecule is CNc1ccc([N+](=O)[O-])c(C(=O)Nc2ccccc2C)c1. The summed E-state index contributed by atoms with van der Waals surface area (Å²) in [7, 11) is 1.68. The van der Waals surface area contributed by atoms with Crippen LogP contribution in [0.15, 0.2) is 42.5 Å². The number of carbonyl (C=O) groups is 1. The van der Waals surface area contributed by atoms with Gasteiger partial charge < -0.3 is 10.6 Å². The Morgan fingerprint density at radius 3 is 2.52 bits per heavy atom. The number of para-hydroxylation sites is 1. The maximum atomic E-state index is 12.3. The minimum Gasteiger partial charge on any atom is -0.388 e. The fraction of sp³-hybridized carbons (Fsp3) is 0.133. The maximum Gasteiger partial charge on any atom is 0.282 e. The molecule has 108 valence electrons. The summed E-state index contributed by atoms with van der Waals surface area (Å²) in [5.41, 5.74) is 1.95. The highest BCUT2D eigenvalue weighted by Gasteiger charge is 2.21. The average molecular weight is 285 g/mol. The van der Waals surface area contributed by atoms with E-state index < -0.39 is 10.8 Å². The molecular weight excluding hydrogens is 270 g/mol. The van der Waals surface area contributed by atoms with Crippen molar-refractivity contribution in [3.63, 3.8) is 0 Å². The van der Waals surface area contributed by atoms with Crippen LogP contribution in [0.1, 0.15) is 15.9 Å². The number of amides is 1. The van der Waals surface area contributed by atoms with Gasteiger partial charge in [0.25, 0.3) is 11.6 Å². The Bertz CT molecular complexity index is 698. The zero-order chi connectivity index (χ0) is 15.4. The topological polar surface area (TPSA) is 84.3 Å². The van der Waals surface area contributed by atoms with Crippen LogP contribution < -0.4 is 10.6 Å². The molecule has 0 fully saturated rings. The van der Waals surface area contributed by atoms with Crippen LogP contribution in [0.4, 0.5) is 17.1 Å². The molecule has 0 aliphatic rings. The van der Waals surface area contributed by atoms with Crippen molar-refractivity contribution in [2.24, 2.45) is 0 Å². The van der Waals surface area contributed by atoms with Crippen molar-refractivity contribution in [1.82, 2.24) is 0 Å². The molecule has 2 rings (SSSR count). The van der Waals surface area contributed by atoms with Gasteiger partial charge in [-0.25, -0.2) is 0 Å². The highest BCUT2D eigenvalue weighted by atomic mass is 16.6. The molecule has 0 aromatic heterocycles. The van der Waals surface area contributed by atoms with Gasteiger partial charge in [0.2, 0.25) is 0 Å². The Labute approximate surface area is 121 Å². The number of anilines is 2. The maximum absolute atomic E-state index is 12.3. The third kappa shape index (κ3) is 3.17. The lowest BCUT2D eigenvalue weighted by molar-refractivity contribution is -0.385. The van der Waals surface area contributed by atoms with E-state index in [2.05, 4.69) is 10.6 Å². The number of benzene rings is 2. The van der Waals surface area contributed by atoms with Gasteiger partial charge in [0, 0.05) is 24.5 Å². The Hall–Kier alpha value is -2.89. The van der Waals surface area contributed by atoms with E-state index in [4.69, 9.17) is 0 Å². The van der Waals surface area contributed by atoms with E-state index in [1.54, 1.807) is 25.2 Å². The number of rotatable bonds is 4. The summed E-state index contributed by atoms with van der Waals surface area (Å²) in [5, 5.41) is 16.6. The van der Waals surface area contributed by atoms with Crippen molar-refractivity contribution in [3.8, 4) is 0 Å². The summed E-state index contributed by atoms with van der Waals surface area (Å²) < 4.78 is 0. The van der Waals surface area contributed by atoms with Crippen molar-refractivity contribution in [2.45, 2.75) is 6.92 Å². The van der Waals surface area contributed by atoms with Gasteiger partial charge in [0.15, 0.2) is 0 Å². The molecule has 0 aliphatic heterocycles. The molecule has 1 amide bonds. The van der Waals surface area contributed by atoms with Gasteiger partial charge in [-0.1, -0.05) is 18.2 Å². The van der Waals surface area contributed by atoms with E-state index in [1.807, 2.05) is 19.1 Å². The average Bonchev–Trinajstić information content (AvgIpc) is 2.48. The molecule has 0 radical (unpaired) electrons. The first-order valence-electron chi connectivity index (χ1n) is 6.36. The van der Waals surface area contributed by atoms with Crippen molar-refractivity contribution in [2.75, 3.05) is 17.7 Å². The molecule has 0 saturated heterocycles. The van der Waals surface area contributed by atoms with E-state index in [9.17, 15) is 14.9 Å². The van der Waals surface area contributed by atoms with Crippen LogP contribution in [0.5, 0.6) is 0 Å². The van der Waals surface area contributed by atoms with Gasteiger partial charge in [-0.15, -0.1) is 0 Å². The van der Waals surface area contributed by atoms with Crippen molar-refractivity contribution >= 4 is 23.0 Å². The standard InChI is InChI=1S/C15H15N3O3/c1-10-5-3-4-6-13(10)17-15(19)12-9-11(16-2)7-8-14(12)18(20)21/h3-9,16H,1-2H3,(H,17,19). The first-order valence-corrected chi connectivity index (χ1v) is 6.36. The molecule has 0 bridgehead atoms. The lowest BCUT2D eigenvalue weighted by atomic mass is 10.1. The molecule has 6 heteroatoms. The van der Waals surface area contributed by atoms with Crippen LogP contribution in [0.25, 0.3) is 0 Å². The number of carbonyl (C=O) groups excluding carboxylic acids is 1. The second-order valence-electron chi connectivity index (χ2n) is 4.51. The van der Waals surface area contributed by atoms with Crippen LogP contribution in [0.3, 0.4) is 0 Å². The Morgan fingerprint density at radius 2 is 1.90 bits per heavy atom. The predicted octanol–water partition coefficient (Wildman–Crippen LogP) is 3.20. The van der Waals surface area contributed by atoms with Gasteiger partial charge in [-0.05, 0) is 30.7 Å². The summed E-state index contributed by atoms with van der Waals surface area (Å²) in [4.78, 5) is 22.8. The molecule has 0 aliphatic carbocycles. The van der Waals surface area contributed by atoms with Crippen molar-refractivity contribution in [1.29, 1.82) is 0 Å². The first kappa shape index (κ1) is 14.5. The molecule has 0 unspecified atom stereocenters. The van der Waals surface area contributed by atoms with Crippen LogP contribution in [-0.2, 0) is 0 Å². The van der Waals surface area contributed by atoms with E-state index >= 15 is 0 Å². The number of hydrogen-bond donors (Lipinski definition) is 2. The summed E-state index contributed by atoms with van der Waals surface area (Å²) in [5.74, 6) is -0.506. The predicted molar refractivity (Wildman–Crippen MR) is 81.8 cm³/mol. The molecule has 0 saturated carbocycles. The van der Waals surface area contributed by atoms with Gasteiger partial charge in [-0.3, -0.25) is 14.9 Å². The number of nitrogens with one attached hydrogen (secondary N) is 2. The third-order valence-electron chi connectivity index (χ3n) is 3.12. The molecule has 0 atom stereocenters. The minimum absolute atomic E-state index is 0.0232. The highest BCUT2D eigenvalue weighted by Crippen LogP contribution is 2.24. The molecule has 2 aromatic carbocycles. The second-order valence-corrected chi connectivity index (χ2v) is 4.51. The lowest BCUT2D eigenvalue weighted by Gasteiger charge is -2.09. The summed E-state index contributed by atoms with van der Waals surface area (Å²) in [6.45, 7) is 1.86. The van der Waals surface area contributed by atoms with E-state index in [1.165, 1.54) is 12.1 Å². The van der Waals surface area contributed by atoms with Crippen LogP contribution in [-0.4, -0.2) is 17.9 Å². The highest BCUT2D eigenvalue weighted by molar-refractivity contribution is 6.08. The minimum atomic E-state index is -0.563. The third-order valence-corrected chi connectivity index (χ3v) is 3.12. The normalized spacial score (nSPS) is 10.0. The van der Waals surface area contributed by atoms with Crippen LogP contribution in [0, 0.1) is 17.0 Å². The Kier molecular flexibility index (Phi) is 4.18. The smallest absolute Gasteiger partial charge is 0.282 e. The Balaban J connectivity index is 2.38. The van der Waals surface area contributed by atoms with E-state index in [-0.39, 0.29) is 11.3 Å². The number of aryl methyl sites for hydroxylation is 1. The fourth-order valence-corrected chi connectivity index (χ4v) is 1.94. The zero-order valence-corrected chi connectivity index (χ0v) is 11.7. The molecule has 2 N–H and O–H groups in total. The number of nitrogens with zero attached hydrogens (tertiary/aromatic N) is 1. The molecule has 0 heterocycles. The molecule has 0 spiro atoms. The van der Waals surface area contributed by atoms with E-state index in [0.717, 1.165) is 5.56 Å². The molecule has 2 aromatic rings. The van der Waals surface area contributed by atoms with Crippen LogP contribution >= 0.6 is 0 Å². The van der Waals surface area contributed by atoms with E-state index in [0.29, 0.717) is 11.4 Å². The number of nitro benzene ring substituents is 1. The van der Waals surface area contributed by atoms with Crippen molar-refractivity contribution in [3.05, 3.63) is 63.7 Å². The van der Waals surface area contributed by atoms with Crippen LogP contribution in [0.2, 0.25) is 0 Å². The van der Waals surface area contributed by atoms with Crippen molar-refractivity contribution < 1.29 is 9.72 Å². The van der Waals surface area contributed by atoms with Gasteiger partial charge >= 0.3 is 0 Å². The molecule has 6 nitrogen and oxygen atoms in total. The largest absolute Gasteiger partial charge is 0.388 e. The first-order chi connectivity index (χ1) is 10.0. The number of hydrogen-bond acceptors (Lipinski definition) is 4. The fourth-order valence-electron chi connectivity index (χ4n) is 1.94. The summed E-state index contributed by atoms with van der Waals surface area (Å²) in [6.07, 6.45) is 0. The summed E-state index contributed by atoms with van der Waals surface area (Å²) in [6, 6.07) is 11.6. The Morgan fingerprint density at radius 1 is 1.19 bits per heavy atom. The quantitative estimate of drug-likeness (QED) is 0.667. The lowest BCUT2D eigenvalue weighted by Crippen LogP contribution is -2.15. The zero-order valence-electron chi connectivity index (χ0n) is 11.7. The van der Waals surface area contributed by atoms with Gasteiger partial charge in [0.05, 0.1) is 4.92 Å². The molecule has 21 heavy (non-hydrogen) atoms. The van der Waals surface area contributed by atoms with Gasteiger partial charge in [0.1, 0.15) is 5.56 Å². The van der Waals surface area contributed by atoms with Gasteiger partial charge in [-0.2, -0.15) is 0 Å². The summed E-state index contributed by atoms with van der Waals surface area (Å²) >= 11 is 0. The molecular formula is C15H15N3O3. The number of nitro groups is 1. The monoisotopic (exact) mass is 285 g/mol.